The van der Waals surface area contributed by atoms with Crippen LogP contribution in [0, 0.1) is 5.82 Å². The molecule has 84 valence electrons. The highest BCUT2D eigenvalue weighted by Crippen LogP contribution is 2.26. The lowest BCUT2D eigenvalue weighted by Gasteiger charge is -2.12. The first kappa shape index (κ1) is 12.4. The van der Waals surface area contributed by atoms with Crippen molar-refractivity contribution in [3.8, 4) is 0 Å². The number of aliphatic hydroxyl groups is 1. The van der Waals surface area contributed by atoms with E-state index in [0.29, 0.717) is 12.2 Å². The average Bonchev–Trinajstić information content (AvgIpc) is 2.22. The highest BCUT2D eigenvalue weighted by atomic mass is 35.5. The predicted molar refractivity (Wildman–Crippen MR) is 57.6 cm³/mol. The van der Waals surface area contributed by atoms with Crippen LogP contribution in [0.3, 0.4) is 0 Å². The van der Waals surface area contributed by atoms with Gasteiger partial charge in [0.15, 0.2) is 0 Å². The molecule has 0 aliphatic heterocycles. The maximum absolute atomic E-state index is 13.6. The Labute approximate surface area is 93.6 Å². The van der Waals surface area contributed by atoms with Crippen molar-refractivity contribution in [3.05, 3.63) is 34.1 Å². The second kappa shape index (κ2) is 5.45. The lowest BCUT2D eigenvalue weighted by Crippen LogP contribution is -2.04. The van der Waals surface area contributed by atoms with Gasteiger partial charge in [-0.2, -0.15) is 0 Å². The van der Waals surface area contributed by atoms with Gasteiger partial charge in [-0.15, -0.1) is 0 Å². The Balaban J connectivity index is 3.12. The summed E-state index contributed by atoms with van der Waals surface area (Å²) in [5, 5.41) is 9.05. The minimum absolute atomic E-state index is 0.0693. The molecule has 0 spiro atoms. The molecule has 0 saturated heterocycles. The van der Waals surface area contributed by atoms with Gasteiger partial charge in [0.1, 0.15) is 5.82 Å². The summed E-state index contributed by atoms with van der Waals surface area (Å²) in [5.74, 6) is -0.725. The minimum atomic E-state index is -0.460. The third kappa shape index (κ3) is 2.91. The highest BCUT2D eigenvalue weighted by Gasteiger charge is 2.14. The molecule has 2 nitrogen and oxygen atoms in total. The third-order valence-corrected chi connectivity index (χ3v) is 2.51. The first-order valence-corrected chi connectivity index (χ1v) is 5.05. The van der Waals surface area contributed by atoms with Crippen molar-refractivity contribution in [1.82, 2.24) is 0 Å². The van der Waals surface area contributed by atoms with Crippen molar-refractivity contribution < 1.29 is 14.2 Å². The molecule has 0 heterocycles. The summed E-state index contributed by atoms with van der Waals surface area (Å²) in [4.78, 5) is 0. The van der Waals surface area contributed by atoms with Gasteiger partial charge in [0, 0.05) is 19.6 Å². The van der Waals surface area contributed by atoms with E-state index in [9.17, 15) is 4.39 Å². The van der Waals surface area contributed by atoms with Gasteiger partial charge in [-0.25, -0.2) is 4.39 Å². The molecule has 0 aromatic heterocycles. The Morgan fingerprint density at radius 3 is 2.73 bits per heavy atom. The summed E-state index contributed by atoms with van der Waals surface area (Å²) in [6.45, 7) is 2.01. The molecule has 1 N–H and O–H groups in total. The van der Waals surface area contributed by atoms with Crippen LogP contribution in [0.25, 0.3) is 0 Å². The van der Waals surface area contributed by atoms with Crippen molar-refractivity contribution in [3.63, 3.8) is 0 Å². The average molecular weight is 233 g/mol. The fourth-order valence-electron chi connectivity index (χ4n) is 1.38. The van der Waals surface area contributed by atoms with E-state index in [2.05, 4.69) is 0 Å². The van der Waals surface area contributed by atoms with E-state index in [4.69, 9.17) is 21.4 Å². The highest BCUT2D eigenvalue weighted by molar-refractivity contribution is 6.30. The number of rotatable bonds is 4. The largest absolute Gasteiger partial charge is 0.396 e. The molecule has 0 aliphatic carbocycles. The van der Waals surface area contributed by atoms with E-state index in [1.165, 1.54) is 6.07 Å². The molecule has 4 heteroatoms. The molecule has 1 rings (SSSR count). The smallest absolute Gasteiger partial charge is 0.145 e. The van der Waals surface area contributed by atoms with Crippen LogP contribution in [-0.2, 0) is 11.3 Å². The van der Waals surface area contributed by atoms with Crippen LogP contribution in [0.5, 0.6) is 0 Å². The molecule has 1 aromatic carbocycles. The van der Waals surface area contributed by atoms with Gasteiger partial charge in [0.05, 0.1) is 11.6 Å². The number of hydrogen-bond acceptors (Lipinski definition) is 2. The van der Waals surface area contributed by atoms with Gasteiger partial charge in [0.2, 0.25) is 0 Å². The van der Waals surface area contributed by atoms with Crippen molar-refractivity contribution in [2.24, 2.45) is 0 Å². The van der Waals surface area contributed by atoms with Gasteiger partial charge >= 0.3 is 0 Å². The zero-order valence-corrected chi connectivity index (χ0v) is 9.51. The van der Waals surface area contributed by atoms with Crippen molar-refractivity contribution in [2.45, 2.75) is 19.4 Å². The Hall–Kier alpha value is -0.640. The number of halogens is 2. The molecule has 0 radical (unpaired) electrons. The van der Waals surface area contributed by atoms with E-state index in [1.54, 1.807) is 20.1 Å². The van der Waals surface area contributed by atoms with Crippen LogP contribution >= 0.6 is 11.6 Å². The monoisotopic (exact) mass is 232 g/mol. The maximum atomic E-state index is 13.6. The number of methoxy groups -OCH3 is 1. The quantitative estimate of drug-likeness (QED) is 0.865. The van der Waals surface area contributed by atoms with Gasteiger partial charge in [-0.1, -0.05) is 24.6 Å². The maximum Gasteiger partial charge on any atom is 0.145 e. The van der Waals surface area contributed by atoms with Crippen LogP contribution < -0.4 is 0 Å². The SMILES string of the molecule is COCc1cc(Cl)c(F)c(C(C)CO)c1. The Morgan fingerprint density at radius 2 is 2.20 bits per heavy atom. The van der Waals surface area contributed by atoms with Crippen LogP contribution in [-0.4, -0.2) is 18.8 Å². The van der Waals surface area contributed by atoms with E-state index >= 15 is 0 Å². The summed E-state index contributed by atoms with van der Waals surface area (Å²) in [7, 11) is 1.56. The molecular weight excluding hydrogens is 219 g/mol. The summed E-state index contributed by atoms with van der Waals surface area (Å²) < 4.78 is 18.5. The van der Waals surface area contributed by atoms with E-state index < -0.39 is 5.82 Å². The Kier molecular flexibility index (Phi) is 4.51. The van der Waals surface area contributed by atoms with Crippen molar-refractivity contribution in [2.75, 3.05) is 13.7 Å². The molecular formula is C11H14ClFO2. The molecule has 0 amide bonds. The standard InChI is InChI=1S/C11H14ClFO2/c1-7(5-14)9-3-8(6-15-2)4-10(12)11(9)13/h3-4,7,14H,5-6H2,1-2H3. The van der Waals surface area contributed by atoms with Crippen LogP contribution in [0.1, 0.15) is 24.0 Å². The van der Waals surface area contributed by atoms with Crippen LogP contribution in [0.2, 0.25) is 5.02 Å². The molecule has 1 atom stereocenters. The zero-order chi connectivity index (χ0) is 11.4. The minimum Gasteiger partial charge on any atom is -0.396 e. The van der Waals surface area contributed by atoms with E-state index in [0.717, 1.165) is 5.56 Å². The van der Waals surface area contributed by atoms with Crippen LogP contribution in [0.15, 0.2) is 12.1 Å². The fourth-order valence-corrected chi connectivity index (χ4v) is 1.62. The molecule has 0 aliphatic rings. The Bertz CT molecular complexity index is 342. The molecule has 0 saturated carbocycles. The molecule has 15 heavy (non-hydrogen) atoms. The van der Waals surface area contributed by atoms with Gasteiger partial charge < -0.3 is 9.84 Å². The summed E-state index contributed by atoms with van der Waals surface area (Å²) in [5.41, 5.74) is 1.23. The van der Waals surface area contributed by atoms with Crippen molar-refractivity contribution >= 4 is 11.6 Å². The van der Waals surface area contributed by atoms with Crippen LogP contribution in [0.4, 0.5) is 4.39 Å². The predicted octanol–water partition coefficient (Wildman–Crippen LogP) is 2.72. The molecule has 0 fully saturated rings. The first-order chi connectivity index (χ1) is 7.10. The number of benzene rings is 1. The topological polar surface area (TPSA) is 29.5 Å². The molecule has 1 unspecified atom stereocenters. The zero-order valence-electron chi connectivity index (χ0n) is 8.76. The Morgan fingerprint density at radius 1 is 1.53 bits per heavy atom. The lowest BCUT2D eigenvalue weighted by molar-refractivity contribution is 0.184. The van der Waals surface area contributed by atoms with E-state index in [1.807, 2.05) is 0 Å². The van der Waals surface area contributed by atoms with Gasteiger partial charge in [-0.3, -0.25) is 0 Å². The van der Waals surface area contributed by atoms with Gasteiger partial charge in [0.25, 0.3) is 0 Å². The van der Waals surface area contributed by atoms with E-state index in [-0.39, 0.29) is 17.5 Å². The summed E-state index contributed by atoms with van der Waals surface area (Å²) in [6.07, 6.45) is 0. The number of ether oxygens (including phenoxy) is 1. The first-order valence-electron chi connectivity index (χ1n) is 4.67. The van der Waals surface area contributed by atoms with Gasteiger partial charge in [-0.05, 0) is 17.2 Å². The normalized spacial score (nSPS) is 12.9. The summed E-state index contributed by atoms with van der Waals surface area (Å²) in [6, 6.07) is 3.21. The fraction of sp³-hybridized carbons (Fsp3) is 0.455. The second-order valence-corrected chi connectivity index (χ2v) is 3.90. The molecule has 1 aromatic rings. The van der Waals surface area contributed by atoms with Crippen molar-refractivity contribution in [1.29, 1.82) is 0 Å². The number of hydrogen-bond donors (Lipinski definition) is 1. The number of aliphatic hydroxyl groups excluding tert-OH is 1. The molecule has 0 bridgehead atoms. The second-order valence-electron chi connectivity index (χ2n) is 3.50. The summed E-state index contributed by atoms with van der Waals surface area (Å²) >= 11 is 5.74. The lowest BCUT2D eigenvalue weighted by atomic mass is 9.99. The third-order valence-electron chi connectivity index (χ3n) is 2.23.